The lowest BCUT2D eigenvalue weighted by atomic mass is 10.0. The highest BCUT2D eigenvalue weighted by atomic mass is 16.7. The van der Waals surface area contributed by atoms with E-state index in [9.17, 15) is 20.0 Å². The van der Waals surface area contributed by atoms with Crippen molar-refractivity contribution in [2.45, 2.75) is 25.4 Å². The van der Waals surface area contributed by atoms with Gasteiger partial charge in [0.15, 0.2) is 18.7 Å². The molecule has 1 aliphatic heterocycles. The van der Waals surface area contributed by atoms with E-state index < -0.39 is 24.3 Å². The van der Waals surface area contributed by atoms with Crippen LogP contribution in [-0.2, 0) is 32.0 Å². The smallest absolute Gasteiger partial charge is 0.408 e. The summed E-state index contributed by atoms with van der Waals surface area (Å²) in [5.74, 6) is -0.610. The van der Waals surface area contributed by atoms with Gasteiger partial charge < -0.3 is 35.3 Å². The van der Waals surface area contributed by atoms with Crippen LogP contribution in [0.15, 0.2) is 97.3 Å². The van der Waals surface area contributed by atoms with Crippen LogP contribution in [-0.4, -0.2) is 31.3 Å². The average Bonchev–Trinajstić information content (AvgIpc) is 3.52. The van der Waals surface area contributed by atoms with Crippen molar-refractivity contribution in [3.8, 4) is 11.4 Å². The van der Waals surface area contributed by atoms with Crippen LogP contribution in [0.4, 0.5) is 10.5 Å². The summed E-state index contributed by atoms with van der Waals surface area (Å²) in [6, 6.07) is 23.3. The number of alkyl carbamates (subject to hydrolysis) is 1. The van der Waals surface area contributed by atoms with Gasteiger partial charge in [-0.1, -0.05) is 60.7 Å². The number of rotatable bonds is 9. The molecule has 41 heavy (non-hydrogen) atoms. The van der Waals surface area contributed by atoms with Crippen molar-refractivity contribution in [1.82, 2.24) is 5.32 Å². The molecular formula is C30H28N4O7. The highest BCUT2D eigenvalue weighted by Gasteiger charge is 2.34. The first-order valence-corrected chi connectivity index (χ1v) is 13.0. The Hall–Kier alpha value is -5.00. The second kappa shape index (κ2) is 12.9. The number of hydrogen-bond acceptors (Lipinski definition) is 7. The molecule has 0 radical (unpaired) electrons. The Kier molecular flexibility index (Phi) is 8.67. The van der Waals surface area contributed by atoms with Gasteiger partial charge in [0, 0.05) is 18.6 Å². The molecule has 1 fully saturated rings. The van der Waals surface area contributed by atoms with Crippen molar-refractivity contribution in [3.05, 3.63) is 124 Å². The quantitative estimate of drug-likeness (QED) is 0.238. The lowest BCUT2D eigenvalue weighted by Crippen LogP contribution is -2.46. The van der Waals surface area contributed by atoms with Crippen LogP contribution in [0.3, 0.4) is 0 Å². The van der Waals surface area contributed by atoms with Crippen molar-refractivity contribution in [1.29, 1.82) is 0 Å². The fourth-order valence-corrected chi connectivity index (χ4v) is 4.48. The zero-order valence-corrected chi connectivity index (χ0v) is 22.0. The number of nitrogens with one attached hydrogen (secondary N) is 2. The van der Waals surface area contributed by atoms with Gasteiger partial charge in [-0.2, -0.15) is 9.46 Å². The van der Waals surface area contributed by atoms with Gasteiger partial charge in [-0.15, -0.1) is 0 Å². The maximum atomic E-state index is 13.6. The standard InChI is InChI=1S/C30H28N4O7/c35-28(25(19-21-9-3-1-4-10-21)32-30(36)41-20-22-11-5-2-6-12-22)31-24-14-8-16-34(38)27(24)26-23(13-7-15-33(26)37)29-39-17-18-40-29/h1-16,25,29H,17-20H2,(H,31,35)(H,32,36)/t25-/m0/s1. The number of carbonyl (C=O) groups excluding carboxylic acids is 2. The van der Waals surface area contributed by atoms with Crippen LogP contribution < -0.4 is 20.1 Å². The SMILES string of the molecule is O=C(N[C@@H](Cc1ccccc1)C(=O)Nc1ccc[n+]([O-])c1-c1c(C2OCCO2)ccc[n+]1[O-])OCc1ccccc1. The highest BCUT2D eigenvalue weighted by Crippen LogP contribution is 2.32. The molecule has 2 N–H and O–H groups in total. The van der Waals surface area contributed by atoms with E-state index in [1.807, 2.05) is 60.7 Å². The normalized spacial score (nSPS) is 13.9. The Morgan fingerprint density at radius 2 is 1.44 bits per heavy atom. The Balaban J connectivity index is 1.41. The fraction of sp³-hybridized carbons (Fsp3) is 0.200. The molecule has 0 saturated carbocycles. The molecule has 1 atom stereocenters. The van der Waals surface area contributed by atoms with Crippen molar-refractivity contribution in [3.63, 3.8) is 0 Å². The van der Waals surface area contributed by atoms with E-state index in [4.69, 9.17) is 14.2 Å². The number of carbonyl (C=O) groups is 2. The molecule has 210 valence electrons. The number of nitrogens with zero attached hydrogens (tertiary/aromatic N) is 2. The molecule has 0 unspecified atom stereocenters. The van der Waals surface area contributed by atoms with Gasteiger partial charge in [0.25, 0.3) is 0 Å². The predicted octanol–water partition coefficient (Wildman–Crippen LogP) is 3.14. The molecule has 2 amide bonds. The van der Waals surface area contributed by atoms with E-state index in [2.05, 4.69) is 10.6 Å². The van der Waals surface area contributed by atoms with Crippen LogP contribution >= 0.6 is 0 Å². The van der Waals surface area contributed by atoms with Crippen molar-refractivity contribution in [2.24, 2.45) is 0 Å². The zero-order chi connectivity index (χ0) is 28.6. The van der Waals surface area contributed by atoms with Gasteiger partial charge in [-0.3, -0.25) is 4.79 Å². The van der Waals surface area contributed by atoms with Crippen LogP contribution in [0.1, 0.15) is 23.0 Å². The second-order valence-corrected chi connectivity index (χ2v) is 9.25. The van der Waals surface area contributed by atoms with Gasteiger partial charge in [-0.25, -0.2) is 4.79 Å². The number of aromatic nitrogens is 2. The lowest BCUT2D eigenvalue weighted by Gasteiger charge is -2.20. The van der Waals surface area contributed by atoms with Crippen LogP contribution in [0.2, 0.25) is 0 Å². The molecule has 1 aliphatic rings. The summed E-state index contributed by atoms with van der Waals surface area (Å²) < 4.78 is 17.5. The van der Waals surface area contributed by atoms with Crippen LogP contribution in [0.25, 0.3) is 11.4 Å². The van der Waals surface area contributed by atoms with E-state index in [-0.39, 0.29) is 30.1 Å². The molecule has 5 rings (SSSR count). The third-order valence-corrected chi connectivity index (χ3v) is 6.41. The summed E-state index contributed by atoms with van der Waals surface area (Å²) in [6.45, 7) is 0.693. The highest BCUT2D eigenvalue weighted by molar-refractivity contribution is 5.98. The number of ether oxygens (including phenoxy) is 3. The molecule has 11 nitrogen and oxygen atoms in total. The Bertz CT molecular complexity index is 1500. The topological polar surface area (TPSA) is 140 Å². The summed E-state index contributed by atoms with van der Waals surface area (Å²) in [4.78, 5) is 26.3. The first-order chi connectivity index (χ1) is 20.0. The minimum Gasteiger partial charge on any atom is -0.618 e. The van der Waals surface area contributed by atoms with Crippen LogP contribution in [0.5, 0.6) is 0 Å². The molecule has 2 aromatic carbocycles. The van der Waals surface area contributed by atoms with Crippen molar-refractivity contribution in [2.75, 3.05) is 18.5 Å². The molecule has 2 aromatic heterocycles. The number of hydrogen-bond donors (Lipinski definition) is 2. The first kappa shape index (κ1) is 27.6. The largest absolute Gasteiger partial charge is 0.618 e. The zero-order valence-electron chi connectivity index (χ0n) is 22.0. The van der Waals surface area contributed by atoms with E-state index >= 15 is 0 Å². The number of anilines is 1. The average molecular weight is 557 g/mol. The Morgan fingerprint density at radius 3 is 2.12 bits per heavy atom. The van der Waals surface area contributed by atoms with Gasteiger partial charge in [0.1, 0.15) is 18.3 Å². The first-order valence-electron chi connectivity index (χ1n) is 13.0. The number of amides is 2. The molecule has 11 heteroatoms. The van der Waals surface area contributed by atoms with Crippen molar-refractivity contribution < 1.29 is 33.3 Å². The minimum atomic E-state index is -1.06. The predicted molar refractivity (Wildman–Crippen MR) is 147 cm³/mol. The summed E-state index contributed by atoms with van der Waals surface area (Å²) in [6.07, 6.45) is 0.986. The van der Waals surface area contributed by atoms with E-state index in [1.165, 1.54) is 30.6 Å². The lowest BCUT2D eigenvalue weighted by molar-refractivity contribution is -0.625. The maximum absolute atomic E-state index is 13.6. The number of benzene rings is 2. The van der Waals surface area contributed by atoms with Gasteiger partial charge in [-0.05, 0) is 23.3 Å². The minimum absolute atomic E-state index is 0.0248. The molecule has 0 aliphatic carbocycles. The Morgan fingerprint density at radius 1 is 0.829 bits per heavy atom. The van der Waals surface area contributed by atoms with Gasteiger partial charge in [0.05, 0.1) is 18.8 Å². The number of pyridine rings is 2. The van der Waals surface area contributed by atoms with Crippen molar-refractivity contribution >= 4 is 17.7 Å². The summed E-state index contributed by atoms with van der Waals surface area (Å²) in [7, 11) is 0. The van der Waals surface area contributed by atoms with Gasteiger partial charge >= 0.3 is 17.5 Å². The Labute approximate surface area is 236 Å². The monoisotopic (exact) mass is 556 g/mol. The second-order valence-electron chi connectivity index (χ2n) is 9.25. The molecule has 0 bridgehead atoms. The third kappa shape index (κ3) is 6.78. The molecule has 4 aromatic rings. The molecule has 0 spiro atoms. The van der Waals surface area contributed by atoms with Gasteiger partial charge in [0.2, 0.25) is 5.91 Å². The molecule has 1 saturated heterocycles. The summed E-state index contributed by atoms with van der Waals surface area (Å²) in [5.41, 5.74) is 1.87. The van der Waals surface area contributed by atoms with E-state index in [0.717, 1.165) is 11.1 Å². The fourth-order valence-electron chi connectivity index (χ4n) is 4.48. The summed E-state index contributed by atoms with van der Waals surface area (Å²) in [5, 5.41) is 31.4. The maximum Gasteiger partial charge on any atom is 0.408 e. The third-order valence-electron chi connectivity index (χ3n) is 6.41. The van der Waals surface area contributed by atoms with Crippen LogP contribution in [0, 0.1) is 10.4 Å². The molecule has 3 heterocycles. The summed E-state index contributed by atoms with van der Waals surface area (Å²) >= 11 is 0. The van der Waals surface area contributed by atoms with E-state index in [1.54, 1.807) is 6.07 Å². The molecular weight excluding hydrogens is 528 g/mol. The van der Waals surface area contributed by atoms with E-state index in [0.29, 0.717) is 28.2 Å².